The third-order valence-corrected chi connectivity index (χ3v) is 5.18. The Bertz CT molecular complexity index is 392. The van der Waals surface area contributed by atoms with Gasteiger partial charge in [-0.05, 0) is 42.1 Å². The van der Waals surface area contributed by atoms with Crippen LogP contribution in [0, 0.1) is 0 Å². The number of amides is 1. The lowest BCUT2D eigenvalue weighted by Gasteiger charge is -2.21. The van der Waals surface area contributed by atoms with E-state index in [1.807, 2.05) is 0 Å². The van der Waals surface area contributed by atoms with Crippen LogP contribution in [0.2, 0.25) is 0 Å². The van der Waals surface area contributed by atoms with Crippen molar-refractivity contribution in [1.82, 2.24) is 10.6 Å². The van der Waals surface area contributed by atoms with Crippen LogP contribution in [0.5, 0.6) is 0 Å². The van der Waals surface area contributed by atoms with E-state index in [1.165, 1.54) is 10.4 Å². The number of carbonyl (C=O) groups excluding carboxylic acids is 1. The zero-order valence-corrected chi connectivity index (χ0v) is 12.3. The summed E-state index contributed by atoms with van der Waals surface area (Å²) in [6.07, 6.45) is 2.24. The van der Waals surface area contributed by atoms with Crippen LogP contribution in [-0.2, 0) is 11.2 Å². The summed E-state index contributed by atoms with van der Waals surface area (Å²) in [6, 6.07) is 2.10. The minimum atomic E-state index is 0.00572. The molecule has 5 heteroatoms. The first-order valence-electron chi connectivity index (χ1n) is 6.49. The summed E-state index contributed by atoms with van der Waals surface area (Å²) in [5.74, 6) is 1.22. The molecule has 0 saturated heterocycles. The van der Waals surface area contributed by atoms with Gasteiger partial charge in [-0.2, -0.15) is 0 Å². The average molecular weight is 284 g/mol. The highest BCUT2D eigenvalue weighted by Gasteiger charge is 2.27. The van der Waals surface area contributed by atoms with Gasteiger partial charge >= 0.3 is 0 Å². The molecular weight excluding hydrogens is 264 g/mol. The molecule has 1 atom stereocenters. The molecule has 1 amide bonds. The van der Waals surface area contributed by atoms with Gasteiger partial charge in [0, 0.05) is 18.0 Å². The molecule has 1 aromatic rings. The zero-order valence-electron chi connectivity index (χ0n) is 10.7. The highest BCUT2D eigenvalue weighted by molar-refractivity contribution is 8.00. The third kappa shape index (κ3) is 3.49. The summed E-state index contributed by atoms with van der Waals surface area (Å²) in [4.78, 5) is 13.5. The van der Waals surface area contributed by atoms with Gasteiger partial charge in [-0.15, -0.1) is 23.1 Å². The lowest BCUT2D eigenvalue weighted by Crippen LogP contribution is -2.35. The van der Waals surface area contributed by atoms with Crippen LogP contribution in [0.3, 0.4) is 0 Å². The highest BCUT2D eigenvalue weighted by atomic mass is 32.2. The fraction of sp³-hybridized carbons (Fsp3) is 0.615. The maximum atomic E-state index is 12.1. The molecule has 3 nitrogen and oxygen atoms in total. The van der Waals surface area contributed by atoms with Crippen molar-refractivity contribution in [2.24, 2.45) is 0 Å². The predicted octanol–water partition coefficient (Wildman–Crippen LogP) is 2.19. The molecule has 18 heavy (non-hydrogen) atoms. The van der Waals surface area contributed by atoms with E-state index in [1.54, 1.807) is 23.1 Å². The Morgan fingerprint density at radius 2 is 2.33 bits per heavy atom. The van der Waals surface area contributed by atoms with Crippen LogP contribution in [0.4, 0.5) is 0 Å². The molecule has 1 aliphatic rings. The normalized spacial score (nSPS) is 18.4. The van der Waals surface area contributed by atoms with Crippen molar-refractivity contribution in [3.05, 3.63) is 21.9 Å². The van der Waals surface area contributed by atoms with Crippen molar-refractivity contribution in [3.8, 4) is 0 Å². The number of hydrogen-bond donors (Lipinski definition) is 2. The largest absolute Gasteiger partial charge is 0.354 e. The number of thioether (sulfide) groups is 1. The molecule has 0 spiro atoms. The van der Waals surface area contributed by atoms with E-state index in [0.717, 1.165) is 38.2 Å². The first-order chi connectivity index (χ1) is 8.83. The van der Waals surface area contributed by atoms with E-state index in [0.29, 0.717) is 0 Å². The molecule has 0 saturated carbocycles. The third-order valence-electron chi connectivity index (χ3n) is 2.94. The Labute approximate surface area is 117 Å². The van der Waals surface area contributed by atoms with Gasteiger partial charge in [0.25, 0.3) is 0 Å². The van der Waals surface area contributed by atoms with E-state index in [-0.39, 0.29) is 11.2 Å². The second-order valence-electron chi connectivity index (χ2n) is 4.34. The Hall–Kier alpha value is -0.520. The van der Waals surface area contributed by atoms with Gasteiger partial charge < -0.3 is 10.6 Å². The quantitative estimate of drug-likeness (QED) is 0.787. The summed E-state index contributed by atoms with van der Waals surface area (Å²) in [6.45, 7) is 4.73. The van der Waals surface area contributed by atoms with Gasteiger partial charge in [-0.3, -0.25) is 4.79 Å². The fourth-order valence-corrected chi connectivity index (χ4v) is 4.35. The summed E-state index contributed by atoms with van der Waals surface area (Å²) < 4.78 is 0. The van der Waals surface area contributed by atoms with Crippen LogP contribution < -0.4 is 10.6 Å². The van der Waals surface area contributed by atoms with Gasteiger partial charge in [0.15, 0.2) is 0 Å². The number of fused-ring (bicyclic) bond motifs is 1. The smallest absolute Gasteiger partial charge is 0.237 e. The van der Waals surface area contributed by atoms with E-state index < -0.39 is 0 Å². The van der Waals surface area contributed by atoms with Crippen LogP contribution >= 0.6 is 23.1 Å². The maximum Gasteiger partial charge on any atom is 0.237 e. The molecule has 1 aromatic heterocycles. The number of thiophene rings is 1. The number of carbonyl (C=O) groups is 1. The topological polar surface area (TPSA) is 41.1 Å². The maximum absolute atomic E-state index is 12.1. The Morgan fingerprint density at radius 3 is 3.17 bits per heavy atom. The SMILES string of the molecule is CCCNCCNC(=O)C1SCCc2sccc21. The van der Waals surface area contributed by atoms with Crippen LogP contribution in [0.25, 0.3) is 0 Å². The average Bonchev–Trinajstić information content (AvgIpc) is 2.86. The number of nitrogens with one attached hydrogen (secondary N) is 2. The number of hydrogen-bond acceptors (Lipinski definition) is 4. The summed E-state index contributed by atoms with van der Waals surface area (Å²) in [5, 5.41) is 8.41. The molecule has 0 fully saturated rings. The molecule has 100 valence electrons. The number of rotatable bonds is 6. The second kappa shape index (κ2) is 7.16. The fourth-order valence-electron chi connectivity index (χ4n) is 2.03. The van der Waals surface area contributed by atoms with Gasteiger partial charge in [-0.25, -0.2) is 0 Å². The van der Waals surface area contributed by atoms with Crippen LogP contribution in [-0.4, -0.2) is 31.3 Å². The van der Waals surface area contributed by atoms with Crippen LogP contribution in [0.15, 0.2) is 11.4 Å². The standard InChI is InChI=1S/C13H20N2OS2/c1-2-5-14-6-7-15-13(16)12-10-3-8-17-11(10)4-9-18-12/h3,8,12,14H,2,4-7,9H2,1H3,(H,15,16). The molecule has 0 radical (unpaired) electrons. The Kier molecular flexibility index (Phi) is 5.53. The molecule has 0 bridgehead atoms. The van der Waals surface area contributed by atoms with E-state index >= 15 is 0 Å². The molecular formula is C13H20N2OS2. The van der Waals surface area contributed by atoms with Crippen molar-refractivity contribution in [2.45, 2.75) is 25.0 Å². The van der Waals surface area contributed by atoms with E-state index in [2.05, 4.69) is 29.0 Å². The molecule has 1 aliphatic heterocycles. The predicted molar refractivity (Wildman–Crippen MR) is 79.4 cm³/mol. The van der Waals surface area contributed by atoms with Gasteiger partial charge in [-0.1, -0.05) is 6.92 Å². The molecule has 2 heterocycles. The van der Waals surface area contributed by atoms with Gasteiger partial charge in [0.1, 0.15) is 5.25 Å². The van der Waals surface area contributed by atoms with E-state index in [9.17, 15) is 4.79 Å². The minimum absolute atomic E-state index is 0.00572. The minimum Gasteiger partial charge on any atom is -0.354 e. The molecule has 2 rings (SSSR count). The van der Waals surface area contributed by atoms with Crippen molar-refractivity contribution in [1.29, 1.82) is 0 Å². The first-order valence-corrected chi connectivity index (χ1v) is 8.42. The summed E-state index contributed by atoms with van der Waals surface area (Å²) in [7, 11) is 0. The molecule has 1 unspecified atom stereocenters. The second-order valence-corrected chi connectivity index (χ2v) is 6.55. The monoisotopic (exact) mass is 284 g/mol. The molecule has 0 aromatic carbocycles. The summed E-state index contributed by atoms with van der Waals surface area (Å²) in [5.41, 5.74) is 1.23. The lowest BCUT2D eigenvalue weighted by atomic mass is 10.1. The molecule has 0 aliphatic carbocycles. The lowest BCUT2D eigenvalue weighted by molar-refractivity contribution is -0.120. The van der Waals surface area contributed by atoms with Crippen LogP contribution in [0.1, 0.15) is 29.0 Å². The Balaban J connectivity index is 1.80. The van der Waals surface area contributed by atoms with Crippen molar-refractivity contribution in [2.75, 3.05) is 25.4 Å². The van der Waals surface area contributed by atoms with Crippen molar-refractivity contribution < 1.29 is 4.79 Å². The van der Waals surface area contributed by atoms with Gasteiger partial charge in [0.05, 0.1) is 0 Å². The number of aryl methyl sites for hydroxylation is 1. The Morgan fingerprint density at radius 1 is 1.44 bits per heavy atom. The van der Waals surface area contributed by atoms with E-state index in [4.69, 9.17) is 0 Å². The first kappa shape index (κ1) is 13.9. The van der Waals surface area contributed by atoms with Crippen molar-refractivity contribution >= 4 is 29.0 Å². The highest BCUT2D eigenvalue weighted by Crippen LogP contribution is 2.39. The van der Waals surface area contributed by atoms with Crippen molar-refractivity contribution in [3.63, 3.8) is 0 Å². The van der Waals surface area contributed by atoms with Gasteiger partial charge in [0.2, 0.25) is 5.91 Å². The zero-order chi connectivity index (χ0) is 12.8. The molecule has 2 N–H and O–H groups in total. The summed E-state index contributed by atoms with van der Waals surface area (Å²) >= 11 is 3.54.